The summed E-state index contributed by atoms with van der Waals surface area (Å²) < 4.78 is 10.2. The second kappa shape index (κ2) is 4.63. The highest BCUT2D eigenvalue weighted by Crippen LogP contribution is 2.27. The zero-order valence-corrected chi connectivity index (χ0v) is 8.38. The van der Waals surface area contributed by atoms with Crippen LogP contribution < -0.4 is 0 Å². The van der Waals surface area contributed by atoms with Gasteiger partial charge in [0.25, 0.3) is 0 Å². The average molecular weight is 186 g/mol. The van der Waals surface area contributed by atoms with Gasteiger partial charge in [-0.25, -0.2) is 0 Å². The Morgan fingerprint density at radius 1 is 1.69 bits per heavy atom. The van der Waals surface area contributed by atoms with Gasteiger partial charge in [-0.15, -0.1) is 0 Å². The minimum Gasteiger partial charge on any atom is -0.501 e. The van der Waals surface area contributed by atoms with E-state index in [-0.39, 0.29) is 0 Å². The molecule has 0 saturated heterocycles. The van der Waals surface area contributed by atoms with Gasteiger partial charge in [-0.1, -0.05) is 6.92 Å². The Hall–Kier alpha value is -0.540. The molecule has 3 heteroatoms. The second-order valence-corrected chi connectivity index (χ2v) is 3.44. The van der Waals surface area contributed by atoms with Crippen molar-refractivity contribution in [1.82, 2.24) is 0 Å². The van der Waals surface area contributed by atoms with Crippen molar-refractivity contribution in [2.45, 2.75) is 31.8 Å². The summed E-state index contributed by atoms with van der Waals surface area (Å²) in [6, 6.07) is 0. The van der Waals surface area contributed by atoms with E-state index in [9.17, 15) is 5.11 Å². The quantitative estimate of drug-likeness (QED) is 0.722. The van der Waals surface area contributed by atoms with Crippen molar-refractivity contribution in [3.63, 3.8) is 0 Å². The molecule has 1 aliphatic heterocycles. The maximum absolute atomic E-state index is 10.2. The molecule has 0 saturated carbocycles. The number of aliphatic hydroxyl groups is 1. The molecule has 0 spiro atoms. The molecular formula is C10H18O3. The fourth-order valence-corrected chi connectivity index (χ4v) is 1.57. The van der Waals surface area contributed by atoms with E-state index in [1.807, 2.05) is 6.92 Å². The van der Waals surface area contributed by atoms with Gasteiger partial charge in [-0.2, -0.15) is 0 Å². The highest BCUT2D eigenvalue weighted by atomic mass is 16.5. The normalized spacial score (nSPS) is 21.6. The molecule has 1 heterocycles. The maximum Gasteiger partial charge on any atom is 0.112 e. The van der Waals surface area contributed by atoms with Crippen LogP contribution in [-0.2, 0) is 9.47 Å². The summed E-state index contributed by atoms with van der Waals surface area (Å²) >= 11 is 0. The first-order valence-electron chi connectivity index (χ1n) is 4.75. The monoisotopic (exact) mass is 186 g/mol. The number of ether oxygens (including phenoxy) is 2. The number of rotatable bonds is 4. The summed E-state index contributed by atoms with van der Waals surface area (Å²) in [5, 5.41) is 10.2. The molecular weight excluding hydrogens is 168 g/mol. The van der Waals surface area contributed by atoms with E-state index in [4.69, 9.17) is 9.47 Å². The Morgan fingerprint density at radius 3 is 2.92 bits per heavy atom. The molecule has 0 fully saturated rings. The first-order valence-corrected chi connectivity index (χ1v) is 4.75. The Bertz CT molecular complexity index is 189. The lowest BCUT2D eigenvalue weighted by Crippen LogP contribution is -2.36. The standard InChI is InChI=1S/C10H18O3/c1-3-10(11,8-12-2)9-5-4-6-13-7-9/h7,11H,3-6,8H2,1-2H3. The van der Waals surface area contributed by atoms with Crippen molar-refractivity contribution in [3.8, 4) is 0 Å². The molecule has 13 heavy (non-hydrogen) atoms. The molecule has 1 rings (SSSR count). The van der Waals surface area contributed by atoms with E-state index in [1.165, 1.54) is 0 Å². The zero-order valence-electron chi connectivity index (χ0n) is 8.38. The summed E-state index contributed by atoms with van der Waals surface area (Å²) in [6.07, 6.45) is 4.24. The van der Waals surface area contributed by atoms with Crippen LogP contribution in [0.3, 0.4) is 0 Å². The maximum atomic E-state index is 10.2. The Balaban J connectivity index is 2.68. The lowest BCUT2D eigenvalue weighted by Gasteiger charge is -2.30. The molecule has 0 bridgehead atoms. The van der Waals surface area contributed by atoms with Gasteiger partial charge >= 0.3 is 0 Å². The molecule has 0 aromatic heterocycles. The molecule has 0 radical (unpaired) electrons. The van der Waals surface area contributed by atoms with Gasteiger partial charge in [0.1, 0.15) is 5.60 Å². The molecule has 0 aromatic carbocycles. The van der Waals surface area contributed by atoms with Crippen LogP contribution in [0.4, 0.5) is 0 Å². The van der Waals surface area contributed by atoms with Crippen molar-refractivity contribution >= 4 is 0 Å². The first kappa shape index (κ1) is 10.5. The van der Waals surface area contributed by atoms with Gasteiger partial charge in [0, 0.05) is 7.11 Å². The largest absolute Gasteiger partial charge is 0.501 e. The van der Waals surface area contributed by atoms with Crippen molar-refractivity contribution in [3.05, 3.63) is 11.8 Å². The fourth-order valence-electron chi connectivity index (χ4n) is 1.57. The molecule has 3 nitrogen and oxygen atoms in total. The highest BCUT2D eigenvalue weighted by Gasteiger charge is 2.30. The third-order valence-corrected chi connectivity index (χ3v) is 2.50. The van der Waals surface area contributed by atoms with Crippen LogP contribution in [0.15, 0.2) is 11.8 Å². The third kappa shape index (κ3) is 2.45. The van der Waals surface area contributed by atoms with Gasteiger partial charge in [-0.05, 0) is 24.8 Å². The highest BCUT2D eigenvalue weighted by molar-refractivity contribution is 5.15. The summed E-state index contributed by atoms with van der Waals surface area (Å²) in [7, 11) is 1.60. The second-order valence-electron chi connectivity index (χ2n) is 3.44. The van der Waals surface area contributed by atoms with Crippen LogP contribution in [0.5, 0.6) is 0 Å². The third-order valence-electron chi connectivity index (χ3n) is 2.50. The Kier molecular flexibility index (Phi) is 3.75. The lowest BCUT2D eigenvalue weighted by molar-refractivity contribution is -0.0132. The molecule has 0 aromatic rings. The molecule has 1 N–H and O–H groups in total. The minimum absolute atomic E-state index is 0.346. The van der Waals surface area contributed by atoms with Crippen molar-refractivity contribution in [2.75, 3.05) is 20.3 Å². The Morgan fingerprint density at radius 2 is 2.46 bits per heavy atom. The van der Waals surface area contributed by atoms with E-state index in [1.54, 1.807) is 13.4 Å². The van der Waals surface area contributed by atoms with E-state index >= 15 is 0 Å². The summed E-state index contributed by atoms with van der Waals surface area (Å²) in [6.45, 7) is 3.06. The van der Waals surface area contributed by atoms with E-state index in [0.29, 0.717) is 13.0 Å². The van der Waals surface area contributed by atoms with Gasteiger partial charge in [-0.3, -0.25) is 0 Å². The topological polar surface area (TPSA) is 38.7 Å². The van der Waals surface area contributed by atoms with E-state index < -0.39 is 5.60 Å². The number of hydrogen-bond donors (Lipinski definition) is 1. The minimum atomic E-state index is -0.824. The predicted octanol–water partition coefficient (Wildman–Crippen LogP) is 1.47. The SMILES string of the molecule is CCC(O)(COC)C1=COCCC1. The summed E-state index contributed by atoms with van der Waals surface area (Å²) in [5.74, 6) is 0. The van der Waals surface area contributed by atoms with E-state index in [2.05, 4.69) is 0 Å². The van der Waals surface area contributed by atoms with Gasteiger partial charge < -0.3 is 14.6 Å². The molecule has 1 aliphatic rings. The molecule has 1 unspecified atom stereocenters. The Labute approximate surface area is 79.3 Å². The predicted molar refractivity (Wildman–Crippen MR) is 50.4 cm³/mol. The first-order chi connectivity index (χ1) is 6.23. The number of hydrogen-bond acceptors (Lipinski definition) is 3. The number of methoxy groups -OCH3 is 1. The van der Waals surface area contributed by atoms with Crippen LogP contribution in [-0.4, -0.2) is 31.0 Å². The van der Waals surface area contributed by atoms with Crippen molar-refractivity contribution < 1.29 is 14.6 Å². The van der Waals surface area contributed by atoms with Crippen LogP contribution in [0, 0.1) is 0 Å². The van der Waals surface area contributed by atoms with Crippen LogP contribution in [0.1, 0.15) is 26.2 Å². The van der Waals surface area contributed by atoms with Crippen LogP contribution in [0.2, 0.25) is 0 Å². The average Bonchev–Trinajstić information content (AvgIpc) is 2.19. The van der Waals surface area contributed by atoms with E-state index in [0.717, 1.165) is 25.0 Å². The van der Waals surface area contributed by atoms with Crippen molar-refractivity contribution in [1.29, 1.82) is 0 Å². The summed E-state index contributed by atoms with van der Waals surface area (Å²) in [5.41, 5.74) is 0.137. The van der Waals surface area contributed by atoms with Crippen LogP contribution in [0.25, 0.3) is 0 Å². The van der Waals surface area contributed by atoms with Gasteiger partial charge in [0.15, 0.2) is 0 Å². The summed E-state index contributed by atoms with van der Waals surface area (Å²) in [4.78, 5) is 0. The zero-order chi connectivity index (χ0) is 9.73. The van der Waals surface area contributed by atoms with Crippen molar-refractivity contribution in [2.24, 2.45) is 0 Å². The smallest absolute Gasteiger partial charge is 0.112 e. The fraction of sp³-hybridized carbons (Fsp3) is 0.800. The van der Waals surface area contributed by atoms with Gasteiger partial charge in [0.05, 0.1) is 19.5 Å². The molecule has 0 amide bonds. The molecule has 76 valence electrons. The molecule has 0 aliphatic carbocycles. The van der Waals surface area contributed by atoms with Crippen LogP contribution >= 0.6 is 0 Å². The molecule has 1 atom stereocenters. The lowest BCUT2D eigenvalue weighted by atomic mass is 9.89. The van der Waals surface area contributed by atoms with Gasteiger partial charge in [0.2, 0.25) is 0 Å².